The van der Waals surface area contributed by atoms with Gasteiger partial charge in [0.2, 0.25) is 0 Å². The quantitative estimate of drug-likeness (QED) is 0.175. The minimum absolute atomic E-state index is 0.344. The van der Waals surface area contributed by atoms with Gasteiger partial charge in [-0.2, -0.15) is 0 Å². The monoisotopic (exact) mass is 737 g/mol. The topological polar surface area (TPSA) is 12.9 Å². The Kier molecular flexibility index (Phi) is 7.25. The van der Waals surface area contributed by atoms with E-state index >= 15 is 0 Å². The first-order valence-electron chi connectivity index (χ1n) is 20.5. The van der Waals surface area contributed by atoms with Gasteiger partial charge in [-0.25, -0.2) is 4.98 Å². The Morgan fingerprint density at radius 3 is 1.69 bits per heavy atom. The van der Waals surface area contributed by atoms with Crippen molar-refractivity contribution in [2.75, 3.05) is 0 Å². The Hall–Kier alpha value is -7.09. The predicted molar refractivity (Wildman–Crippen MR) is 242 cm³/mol. The van der Waals surface area contributed by atoms with Gasteiger partial charge in [0.05, 0.1) is 16.6 Å². The first-order valence-corrected chi connectivity index (χ1v) is 20.5. The molecule has 1 heteroatoms. The summed E-state index contributed by atoms with van der Waals surface area (Å²) in [5.74, 6) is 0.413. The summed E-state index contributed by atoms with van der Waals surface area (Å²) in [7, 11) is 0. The number of aromatic nitrogens is 1. The number of rotatable bonds is 4. The van der Waals surface area contributed by atoms with Gasteiger partial charge in [0.1, 0.15) is 0 Å². The summed E-state index contributed by atoms with van der Waals surface area (Å²) in [5.41, 5.74) is 24.0. The van der Waals surface area contributed by atoms with Gasteiger partial charge in [-0.3, -0.25) is 0 Å². The molecule has 0 saturated carbocycles. The highest BCUT2D eigenvalue weighted by Gasteiger charge is 2.51. The molecule has 8 aromatic carbocycles. The van der Waals surface area contributed by atoms with E-state index in [2.05, 4.69) is 207 Å². The third-order valence-electron chi connectivity index (χ3n) is 13.2. The molecular weight excluding hydrogens is 699 g/mol. The number of hydrogen-bond donors (Lipinski definition) is 0. The van der Waals surface area contributed by atoms with Crippen molar-refractivity contribution in [2.45, 2.75) is 18.8 Å². The first kappa shape index (κ1) is 33.1. The van der Waals surface area contributed by atoms with E-state index < -0.39 is 0 Å². The van der Waals surface area contributed by atoms with Crippen molar-refractivity contribution >= 4 is 22.6 Å². The Morgan fingerprint density at radius 1 is 0.431 bits per heavy atom. The van der Waals surface area contributed by atoms with Crippen LogP contribution in [0.25, 0.3) is 78.3 Å². The average molecular weight is 738 g/mol. The second-order valence-electron chi connectivity index (χ2n) is 16.3. The minimum Gasteiger partial charge on any atom is -0.248 e. The standard InChI is InChI=1S/C57H39N/c1-36-31-40-27-28-41(42-29-30-47-46-17-7-11-21-53(46)57(54(47)34-42)51-19-9-5-15-44(51)45-16-6-10-20-52(45)57)32-43(40)33-49(36)37-23-25-38(26-24-37)50-35-56(39-13-3-2-4-14-39)58-55-22-12-8-18-48(50)55/h2-30,32-36H,31H2,1H3. The Morgan fingerprint density at radius 2 is 0.983 bits per heavy atom. The highest BCUT2D eigenvalue weighted by molar-refractivity contribution is 5.98. The molecule has 0 bridgehead atoms. The predicted octanol–water partition coefficient (Wildman–Crippen LogP) is 14.3. The molecule has 0 radical (unpaired) electrons. The van der Waals surface area contributed by atoms with Crippen molar-refractivity contribution < 1.29 is 0 Å². The number of allylic oxidation sites excluding steroid dienone is 1. The van der Waals surface area contributed by atoms with Crippen molar-refractivity contribution in [3.63, 3.8) is 0 Å². The number of hydrogen-bond acceptors (Lipinski definition) is 1. The van der Waals surface area contributed by atoms with Crippen LogP contribution >= 0.6 is 0 Å². The van der Waals surface area contributed by atoms with Crippen molar-refractivity contribution in [1.82, 2.24) is 4.98 Å². The molecule has 1 nitrogen and oxygen atoms in total. The molecule has 1 unspecified atom stereocenters. The molecule has 3 aliphatic rings. The van der Waals surface area contributed by atoms with Crippen LogP contribution in [0.3, 0.4) is 0 Å². The third-order valence-corrected chi connectivity index (χ3v) is 13.2. The summed E-state index contributed by atoms with van der Waals surface area (Å²) < 4.78 is 0. The molecule has 0 saturated heterocycles. The van der Waals surface area contributed by atoms with Crippen LogP contribution < -0.4 is 0 Å². The number of nitrogens with zero attached hydrogens (tertiary/aromatic N) is 1. The summed E-state index contributed by atoms with van der Waals surface area (Å²) in [6.07, 6.45) is 3.47. The second kappa shape index (κ2) is 12.7. The molecule has 1 spiro atoms. The number of benzene rings is 8. The van der Waals surface area contributed by atoms with Gasteiger partial charge in [0, 0.05) is 10.9 Å². The van der Waals surface area contributed by atoms with E-state index in [9.17, 15) is 0 Å². The van der Waals surface area contributed by atoms with Crippen LogP contribution in [0.15, 0.2) is 194 Å². The maximum Gasteiger partial charge on any atom is 0.0725 e. The van der Waals surface area contributed by atoms with Crippen LogP contribution in [-0.2, 0) is 11.8 Å². The molecule has 0 aliphatic heterocycles. The molecule has 1 atom stereocenters. The van der Waals surface area contributed by atoms with Gasteiger partial charge < -0.3 is 0 Å². The van der Waals surface area contributed by atoms with E-state index in [1.807, 2.05) is 0 Å². The molecule has 0 amide bonds. The van der Waals surface area contributed by atoms with E-state index in [1.165, 1.54) is 94.4 Å². The van der Waals surface area contributed by atoms with Gasteiger partial charge >= 0.3 is 0 Å². The van der Waals surface area contributed by atoms with E-state index in [0.717, 1.165) is 23.2 Å². The minimum atomic E-state index is -0.344. The zero-order valence-electron chi connectivity index (χ0n) is 32.3. The molecule has 0 fully saturated rings. The van der Waals surface area contributed by atoms with E-state index in [0.29, 0.717) is 5.92 Å². The van der Waals surface area contributed by atoms with Gasteiger partial charge in [-0.1, -0.05) is 183 Å². The molecule has 0 N–H and O–H groups in total. The Balaban J connectivity index is 0.936. The molecule has 3 aliphatic carbocycles. The van der Waals surface area contributed by atoms with Crippen molar-refractivity contribution in [3.05, 3.63) is 233 Å². The summed E-state index contributed by atoms with van der Waals surface area (Å²) in [6.45, 7) is 2.37. The van der Waals surface area contributed by atoms with E-state index in [-0.39, 0.29) is 5.41 Å². The first-order chi connectivity index (χ1) is 28.6. The van der Waals surface area contributed by atoms with Crippen LogP contribution in [0.1, 0.15) is 45.9 Å². The number of para-hydroxylation sites is 1. The average Bonchev–Trinajstić information content (AvgIpc) is 3.76. The fourth-order valence-corrected chi connectivity index (χ4v) is 10.5. The number of fused-ring (bicyclic) bond motifs is 12. The number of pyridine rings is 1. The molecule has 1 aromatic heterocycles. The smallest absolute Gasteiger partial charge is 0.0725 e. The third kappa shape index (κ3) is 4.80. The maximum atomic E-state index is 5.04. The largest absolute Gasteiger partial charge is 0.248 e. The van der Waals surface area contributed by atoms with Crippen molar-refractivity contribution in [3.8, 4) is 55.8 Å². The van der Waals surface area contributed by atoms with Gasteiger partial charge in [0.25, 0.3) is 0 Å². The molecule has 12 rings (SSSR count). The highest BCUT2D eigenvalue weighted by atomic mass is 14.7. The normalized spacial score (nSPS) is 15.3. The van der Waals surface area contributed by atoms with Gasteiger partial charge in [-0.05, 0) is 126 Å². The van der Waals surface area contributed by atoms with Gasteiger partial charge in [0.15, 0.2) is 0 Å². The van der Waals surface area contributed by atoms with Crippen molar-refractivity contribution in [1.29, 1.82) is 0 Å². The van der Waals surface area contributed by atoms with Crippen LogP contribution in [0.4, 0.5) is 0 Å². The molecule has 58 heavy (non-hydrogen) atoms. The lowest BCUT2D eigenvalue weighted by Crippen LogP contribution is -2.25. The molecule has 9 aromatic rings. The SMILES string of the molecule is CC1Cc2ccc(-c3ccc4c(c3)C3(c5ccccc5-c5ccccc53)c3ccccc3-4)cc2C=C1c1ccc(-c2cc(-c3ccccc3)nc3ccccc23)cc1. The van der Waals surface area contributed by atoms with E-state index in [4.69, 9.17) is 4.98 Å². The summed E-state index contributed by atoms with van der Waals surface area (Å²) in [6, 6.07) is 72.0. The van der Waals surface area contributed by atoms with Gasteiger partial charge in [-0.15, -0.1) is 0 Å². The maximum absolute atomic E-state index is 5.04. The molecule has 272 valence electrons. The fraction of sp³-hybridized carbons (Fsp3) is 0.0702. The highest BCUT2D eigenvalue weighted by Crippen LogP contribution is 2.63. The summed E-state index contributed by atoms with van der Waals surface area (Å²) in [4.78, 5) is 5.04. The van der Waals surface area contributed by atoms with Crippen LogP contribution in [0.5, 0.6) is 0 Å². The summed E-state index contributed by atoms with van der Waals surface area (Å²) >= 11 is 0. The lowest BCUT2D eigenvalue weighted by Gasteiger charge is -2.30. The Bertz CT molecular complexity index is 3080. The molecule has 1 heterocycles. The van der Waals surface area contributed by atoms with E-state index in [1.54, 1.807) is 0 Å². The fourth-order valence-electron chi connectivity index (χ4n) is 10.5. The summed E-state index contributed by atoms with van der Waals surface area (Å²) in [5, 5.41) is 1.17. The lowest BCUT2D eigenvalue weighted by atomic mass is 9.70. The van der Waals surface area contributed by atoms with Crippen LogP contribution in [0, 0.1) is 5.92 Å². The lowest BCUT2D eigenvalue weighted by molar-refractivity contribution is 0.737. The second-order valence-corrected chi connectivity index (χ2v) is 16.3. The van der Waals surface area contributed by atoms with Crippen LogP contribution in [-0.4, -0.2) is 4.98 Å². The zero-order chi connectivity index (χ0) is 38.4. The molecular formula is C57H39N. The van der Waals surface area contributed by atoms with Crippen LogP contribution in [0.2, 0.25) is 0 Å². The van der Waals surface area contributed by atoms with Crippen molar-refractivity contribution in [2.24, 2.45) is 5.92 Å². The Labute approximate surface area is 339 Å². The zero-order valence-corrected chi connectivity index (χ0v) is 32.3.